The van der Waals surface area contributed by atoms with E-state index in [1.165, 1.54) is 11.3 Å². The van der Waals surface area contributed by atoms with Crippen LogP contribution in [0.25, 0.3) is 0 Å². The van der Waals surface area contributed by atoms with Crippen LogP contribution < -0.4 is 5.32 Å². The third kappa shape index (κ3) is 4.20. The van der Waals surface area contributed by atoms with Gasteiger partial charge in [0.2, 0.25) is 0 Å². The van der Waals surface area contributed by atoms with E-state index in [2.05, 4.69) is 60.7 Å². The molecule has 1 aromatic heterocycles. The van der Waals surface area contributed by atoms with E-state index in [1.54, 1.807) is 0 Å². The molecule has 1 aromatic carbocycles. The Labute approximate surface area is 122 Å². The predicted octanol–water partition coefficient (Wildman–Crippen LogP) is 2.88. The molecular formula is C17H25N3. The largest absolute Gasteiger partial charge is 0.314 e. The highest BCUT2D eigenvalue weighted by molar-refractivity contribution is 5.15. The summed E-state index contributed by atoms with van der Waals surface area (Å²) in [6, 6.07) is 13.4. The minimum Gasteiger partial charge on any atom is -0.314 e. The van der Waals surface area contributed by atoms with Crippen molar-refractivity contribution in [1.29, 1.82) is 0 Å². The Bertz CT molecular complexity index is 516. The van der Waals surface area contributed by atoms with Crippen LogP contribution in [0.4, 0.5) is 0 Å². The zero-order chi connectivity index (χ0) is 14.4. The fourth-order valence-electron chi connectivity index (χ4n) is 2.66. The highest BCUT2D eigenvalue weighted by Gasteiger charge is 2.12. The van der Waals surface area contributed by atoms with Gasteiger partial charge in [-0.05, 0) is 37.9 Å². The van der Waals surface area contributed by atoms with Crippen molar-refractivity contribution in [3.05, 3.63) is 53.3 Å². The van der Waals surface area contributed by atoms with Crippen LogP contribution >= 0.6 is 0 Å². The van der Waals surface area contributed by atoms with Crippen molar-refractivity contribution < 1.29 is 0 Å². The molecule has 0 aliphatic carbocycles. The Morgan fingerprint density at radius 1 is 1.25 bits per heavy atom. The molecule has 0 amide bonds. The summed E-state index contributed by atoms with van der Waals surface area (Å²) in [4.78, 5) is 0. The molecule has 2 aromatic rings. The monoisotopic (exact) mass is 271 g/mol. The number of hydrogen-bond donors (Lipinski definition) is 1. The van der Waals surface area contributed by atoms with Gasteiger partial charge in [0.15, 0.2) is 0 Å². The zero-order valence-electron chi connectivity index (χ0n) is 12.8. The molecule has 1 N–H and O–H groups in total. The lowest BCUT2D eigenvalue weighted by molar-refractivity contribution is 0.477. The second-order valence-electron chi connectivity index (χ2n) is 5.38. The van der Waals surface area contributed by atoms with Gasteiger partial charge in [-0.1, -0.05) is 37.3 Å². The SMILES string of the molecule is CCNC(CCc1ccccc1)Cc1cc(C)nn1C. The van der Waals surface area contributed by atoms with Crippen molar-refractivity contribution in [2.45, 2.75) is 39.2 Å². The maximum absolute atomic E-state index is 4.43. The van der Waals surface area contributed by atoms with Crippen LogP contribution in [0.2, 0.25) is 0 Å². The number of likely N-dealkylation sites (N-methyl/N-ethyl adjacent to an activating group) is 1. The van der Waals surface area contributed by atoms with Gasteiger partial charge in [-0.15, -0.1) is 0 Å². The summed E-state index contributed by atoms with van der Waals surface area (Å²) in [5.41, 5.74) is 3.82. The fraction of sp³-hybridized carbons (Fsp3) is 0.471. The van der Waals surface area contributed by atoms with E-state index < -0.39 is 0 Å². The first kappa shape index (κ1) is 14.8. The molecule has 0 radical (unpaired) electrons. The molecule has 0 saturated carbocycles. The Hall–Kier alpha value is -1.61. The summed E-state index contributed by atoms with van der Waals surface area (Å²) >= 11 is 0. The van der Waals surface area contributed by atoms with E-state index in [9.17, 15) is 0 Å². The van der Waals surface area contributed by atoms with E-state index >= 15 is 0 Å². The van der Waals surface area contributed by atoms with Gasteiger partial charge in [0.05, 0.1) is 5.69 Å². The molecule has 0 aliphatic heterocycles. The number of nitrogens with one attached hydrogen (secondary N) is 1. The Balaban J connectivity index is 1.95. The zero-order valence-corrected chi connectivity index (χ0v) is 12.8. The van der Waals surface area contributed by atoms with E-state index in [0.717, 1.165) is 31.5 Å². The van der Waals surface area contributed by atoms with Crippen LogP contribution in [-0.4, -0.2) is 22.4 Å². The van der Waals surface area contributed by atoms with Crippen molar-refractivity contribution in [2.75, 3.05) is 6.54 Å². The van der Waals surface area contributed by atoms with Gasteiger partial charge in [0, 0.05) is 25.2 Å². The van der Waals surface area contributed by atoms with Gasteiger partial charge in [-0.2, -0.15) is 5.10 Å². The Morgan fingerprint density at radius 3 is 2.60 bits per heavy atom. The minimum absolute atomic E-state index is 0.509. The van der Waals surface area contributed by atoms with Crippen molar-refractivity contribution in [1.82, 2.24) is 15.1 Å². The number of nitrogens with zero attached hydrogens (tertiary/aromatic N) is 2. The second-order valence-corrected chi connectivity index (χ2v) is 5.38. The number of aromatic nitrogens is 2. The summed E-state index contributed by atoms with van der Waals surface area (Å²) in [7, 11) is 2.03. The lowest BCUT2D eigenvalue weighted by Gasteiger charge is -2.18. The van der Waals surface area contributed by atoms with Gasteiger partial charge >= 0.3 is 0 Å². The van der Waals surface area contributed by atoms with Gasteiger partial charge in [-0.25, -0.2) is 0 Å². The molecule has 0 bridgehead atoms. The van der Waals surface area contributed by atoms with Crippen molar-refractivity contribution >= 4 is 0 Å². The summed E-state index contributed by atoms with van der Waals surface area (Å²) in [6.07, 6.45) is 3.31. The standard InChI is InChI=1S/C17H25N3/c1-4-18-16(11-10-15-8-6-5-7-9-15)13-17-12-14(2)19-20(17)3/h5-9,12,16,18H,4,10-11,13H2,1-3H3. The van der Waals surface area contributed by atoms with Crippen LogP contribution in [0, 0.1) is 6.92 Å². The predicted molar refractivity (Wildman–Crippen MR) is 83.9 cm³/mol. The third-order valence-electron chi connectivity index (χ3n) is 3.67. The number of aryl methyl sites for hydroxylation is 3. The molecule has 0 fully saturated rings. The first-order chi connectivity index (χ1) is 9.69. The van der Waals surface area contributed by atoms with Crippen LogP contribution in [0.15, 0.2) is 36.4 Å². The number of rotatable bonds is 7. The molecule has 108 valence electrons. The van der Waals surface area contributed by atoms with E-state index in [0.29, 0.717) is 6.04 Å². The van der Waals surface area contributed by atoms with Crippen LogP contribution in [0.1, 0.15) is 30.3 Å². The van der Waals surface area contributed by atoms with Gasteiger partial charge < -0.3 is 5.32 Å². The van der Waals surface area contributed by atoms with Crippen molar-refractivity contribution in [3.8, 4) is 0 Å². The lowest BCUT2D eigenvalue weighted by atomic mass is 10.0. The first-order valence-corrected chi connectivity index (χ1v) is 7.46. The first-order valence-electron chi connectivity index (χ1n) is 7.46. The topological polar surface area (TPSA) is 29.9 Å². The highest BCUT2D eigenvalue weighted by Crippen LogP contribution is 2.11. The van der Waals surface area contributed by atoms with E-state index in [1.807, 2.05) is 11.7 Å². The van der Waals surface area contributed by atoms with Gasteiger partial charge in [-0.3, -0.25) is 4.68 Å². The normalized spacial score (nSPS) is 12.6. The minimum atomic E-state index is 0.509. The number of benzene rings is 1. The van der Waals surface area contributed by atoms with Crippen molar-refractivity contribution in [3.63, 3.8) is 0 Å². The Morgan fingerprint density at radius 2 is 2.00 bits per heavy atom. The molecule has 2 rings (SSSR count). The fourth-order valence-corrected chi connectivity index (χ4v) is 2.66. The van der Waals surface area contributed by atoms with Crippen LogP contribution in [0.5, 0.6) is 0 Å². The summed E-state index contributed by atoms with van der Waals surface area (Å²) in [5.74, 6) is 0. The summed E-state index contributed by atoms with van der Waals surface area (Å²) in [6.45, 7) is 5.23. The third-order valence-corrected chi connectivity index (χ3v) is 3.67. The van der Waals surface area contributed by atoms with Crippen LogP contribution in [0.3, 0.4) is 0 Å². The Kier molecular flexibility index (Phi) is 5.36. The van der Waals surface area contributed by atoms with Crippen molar-refractivity contribution in [2.24, 2.45) is 7.05 Å². The molecule has 1 heterocycles. The van der Waals surface area contributed by atoms with Crippen LogP contribution in [-0.2, 0) is 19.9 Å². The summed E-state index contributed by atoms with van der Waals surface area (Å²) in [5, 5.41) is 8.03. The molecule has 1 atom stereocenters. The molecule has 1 unspecified atom stereocenters. The molecule has 0 aliphatic rings. The average molecular weight is 271 g/mol. The molecule has 20 heavy (non-hydrogen) atoms. The second kappa shape index (κ2) is 7.25. The lowest BCUT2D eigenvalue weighted by Crippen LogP contribution is -2.32. The van der Waals surface area contributed by atoms with Gasteiger partial charge in [0.25, 0.3) is 0 Å². The van der Waals surface area contributed by atoms with Gasteiger partial charge in [0.1, 0.15) is 0 Å². The quantitative estimate of drug-likeness (QED) is 0.839. The molecule has 3 heteroatoms. The maximum atomic E-state index is 4.43. The van der Waals surface area contributed by atoms with E-state index in [4.69, 9.17) is 0 Å². The molecule has 0 spiro atoms. The average Bonchev–Trinajstić information content (AvgIpc) is 2.76. The smallest absolute Gasteiger partial charge is 0.0596 e. The maximum Gasteiger partial charge on any atom is 0.0596 e. The highest BCUT2D eigenvalue weighted by atomic mass is 15.3. The molecule has 3 nitrogen and oxygen atoms in total. The molecular weight excluding hydrogens is 246 g/mol. The molecule has 0 saturated heterocycles. The van der Waals surface area contributed by atoms with E-state index in [-0.39, 0.29) is 0 Å². The number of hydrogen-bond acceptors (Lipinski definition) is 2. The summed E-state index contributed by atoms with van der Waals surface area (Å²) < 4.78 is 2.00.